The molecule has 0 amide bonds. The van der Waals surface area contributed by atoms with Crippen LogP contribution < -0.4 is 14.2 Å². The van der Waals surface area contributed by atoms with Crippen molar-refractivity contribution < 1.29 is 14.2 Å². The maximum atomic E-state index is 5.87. The Kier molecular flexibility index (Phi) is 3.55. The molecule has 0 aliphatic heterocycles. The van der Waals surface area contributed by atoms with Gasteiger partial charge in [0.2, 0.25) is 0 Å². The molecule has 0 bridgehead atoms. The van der Waals surface area contributed by atoms with E-state index in [4.69, 9.17) is 14.2 Å². The molecule has 0 saturated carbocycles. The van der Waals surface area contributed by atoms with Gasteiger partial charge in [-0.2, -0.15) is 0 Å². The highest BCUT2D eigenvalue weighted by Crippen LogP contribution is 2.36. The minimum atomic E-state index is 0.633. The molecule has 5 nitrogen and oxygen atoms in total. The van der Waals surface area contributed by atoms with Gasteiger partial charge in [-0.25, -0.2) is 0 Å². The molecule has 3 rings (SSSR count). The minimum absolute atomic E-state index is 0.633. The lowest BCUT2D eigenvalue weighted by molar-refractivity contribution is 0.355. The van der Waals surface area contributed by atoms with Gasteiger partial charge in [0.1, 0.15) is 11.5 Å². The van der Waals surface area contributed by atoms with Crippen molar-refractivity contribution in [1.82, 2.24) is 9.97 Å². The van der Waals surface area contributed by atoms with Gasteiger partial charge >= 0.3 is 0 Å². The Morgan fingerprint density at radius 3 is 2.43 bits per heavy atom. The topological polar surface area (TPSA) is 53.5 Å². The summed E-state index contributed by atoms with van der Waals surface area (Å²) in [7, 11) is 3.20. The van der Waals surface area contributed by atoms with E-state index in [0.717, 1.165) is 10.9 Å². The van der Waals surface area contributed by atoms with Crippen LogP contribution >= 0.6 is 0 Å². The van der Waals surface area contributed by atoms with E-state index in [2.05, 4.69) is 9.97 Å². The lowest BCUT2D eigenvalue weighted by atomic mass is 10.2. The lowest BCUT2D eigenvalue weighted by Crippen LogP contribution is -1.93. The SMILES string of the molecule is COc1cc2nccc(Oc3cccnc3)c2cc1OC. The Hall–Kier alpha value is -2.82. The van der Waals surface area contributed by atoms with E-state index in [-0.39, 0.29) is 0 Å². The quantitative estimate of drug-likeness (QED) is 0.733. The number of pyridine rings is 2. The van der Waals surface area contributed by atoms with Gasteiger partial charge in [0.05, 0.1) is 25.9 Å². The second-order valence-corrected chi connectivity index (χ2v) is 4.32. The fraction of sp³-hybridized carbons (Fsp3) is 0.125. The van der Waals surface area contributed by atoms with Gasteiger partial charge in [0.15, 0.2) is 11.5 Å². The van der Waals surface area contributed by atoms with Crippen molar-refractivity contribution in [1.29, 1.82) is 0 Å². The average Bonchev–Trinajstić information content (AvgIpc) is 2.55. The Morgan fingerprint density at radius 2 is 1.71 bits per heavy atom. The number of benzene rings is 1. The summed E-state index contributed by atoms with van der Waals surface area (Å²) in [4.78, 5) is 8.37. The molecule has 0 fully saturated rings. The van der Waals surface area contributed by atoms with Crippen molar-refractivity contribution in [3.05, 3.63) is 48.9 Å². The number of aromatic nitrogens is 2. The molecule has 3 aromatic rings. The second kappa shape index (κ2) is 5.66. The van der Waals surface area contributed by atoms with Crippen molar-refractivity contribution in [2.24, 2.45) is 0 Å². The van der Waals surface area contributed by atoms with Crippen LogP contribution in [0.3, 0.4) is 0 Å². The third-order valence-electron chi connectivity index (χ3n) is 3.07. The molecule has 5 heteroatoms. The monoisotopic (exact) mass is 282 g/mol. The molecule has 0 spiro atoms. The van der Waals surface area contributed by atoms with Gasteiger partial charge in [-0.1, -0.05) is 0 Å². The normalized spacial score (nSPS) is 10.4. The zero-order chi connectivity index (χ0) is 14.7. The molecule has 0 N–H and O–H groups in total. The molecule has 106 valence electrons. The molecular formula is C16H14N2O3. The molecule has 2 aromatic heterocycles. The zero-order valence-electron chi connectivity index (χ0n) is 11.7. The van der Waals surface area contributed by atoms with Gasteiger partial charge in [-0.3, -0.25) is 9.97 Å². The first kappa shape index (κ1) is 13.2. The third kappa shape index (κ3) is 2.58. The van der Waals surface area contributed by atoms with Crippen LogP contribution in [0.2, 0.25) is 0 Å². The number of fused-ring (bicyclic) bond motifs is 1. The fourth-order valence-corrected chi connectivity index (χ4v) is 2.07. The first-order valence-electron chi connectivity index (χ1n) is 6.40. The van der Waals surface area contributed by atoms with E-state index in [0.29, 0.717) is 23.0 Å². The highest BCUT2D eigenvalue weighted by molar-refractivity contribution is 5.88. The van der Waals surface area contributed by atoms with Crippen molar-refractivity contribution in [2.45, 2.75) is 0 Å². The molecule has 2 heterocycles. The first-order valence-corrected chi connectivity index (χ1v) is 6.40. The summed E-state index contributed by atoms with van der Waals surface area (Å²) in [6.45, 7) is 0. The zero-order valence-corrected chi connectivity index (χ0v) is 11.7. The predicted molar refractivity (Wildman–Crippen MR) is 79.2 cm³/mol. The standard InChI is InChI=1S/C16H14N2O3/c1-19-15-8-12-13(9-16(15)20-2)18-7-5-14(12)21-11-4-3-6-17-10-11/h3-10H,1-2H3. The summed E-state index contributed by atoms with van der Waals surface area (Å²) >= 11 is 0. The van der Waals surface area contributed by atoms with E-state index >= 15 is 0 Å². The van der Waals surface area contributed by atoms with Crippen LogP contribution in [0, 0.1) is 0 Å². The van der Waals surface area contributed by atoms with E-state index in [1.807, 2.05) is 24.3 Å². The highest BCUT2D eigenvalue weighted by atomic mass is 16.5. The molecular weight excluding hydrogens is 268 g/mol. The lowest BCUT2D eigenvalue weighted by Gasteiger charge is -2.12. The summed E-state index contributed by atoms with van der Waals surface area (Å²) in [6.07, 6.45) is 5.05. The van der Waals surface area contributed by atoms with Gasteiger partial charge in [-0.05, 0) is 24.3 Å². The second-order valence-electron chi connectivity index (χ2n) is 4.32. The summed E-state index contributed by atoms with van der Waals surface area (Å²) in [5.74, 6) is 2.62. The Bertz CT molecular complexity index is 760. The molecule has 21 heavy (non-hydrogen) atoms. The molecule has 0 saturated heterocycles. The summed E-state index contributed by atoms with van der Waals surface area (Å²) in [5, 5.41) is 0.846. The van der Waals surface area contributed by atoms with Crippen LogP contribution in [0.25, 0.3) is 10.9 Å². The number of hydrogen-bond donors (Lipinski definition) is 0. The number of hydrogen-bond acceptors (Lipinski definition) is 5. The third-order valence-corrected chi connectivity index (χ3v) is 3.07. The molecule has 0 atom stereocenters. The molecule has 0 aliphatic rings. The van der Waals surface area contributed by atoms with Crippen LogP contribution in [0.1, 0.15) is 0 Å². The predicted octanol–water partition coefficient (Wildman–Crippen LogP) is 3.44. The minimum Gasteiger partial charge on any atom is -0.493 e. The van der Waals surface area contributed by atoms with Crippen LogP contribution in [0.4, 0.5) is 0 Å². The maximum absolute atomic E-state index is 5.87. The smallest absolute Gasteiger partial charge is 0.162 e. The molecule has 0 unspecified atom stereocenters. The van der Waals surface area contributed by atoms with Gasteiger partial charge in [0, 0.05) is 23.8 Å². The maximum Gasteiger partial charge on any atom is 0.162 e. The fourth-order valence-electron chi connectivity index (χ4n) is 2.07. The summed E-state index contributed by atoms with van der Waals surface area (Å²) < 4.78 is 16.5. The van der Waals surface area contributed by atoms with Crippen molar-refractivity contribution in [3.8, 4) is 23.0 Å². The average molecular weight is 282 g/mol. The number of nitrogens with zero attached hydrogens (tertiary/aromatic N) is 2. The van der Waals surface area contributed by atoms with E-state index in [1.165, 1.54) is 0 Å². The van der Waals surface area contributed by atoms with Gasteiger partial charge in [0.25, 0.3) is 0 Å². The van der Waals surface area contributed by atoms with E-state index in [1.54, 1.807) is 38.9 Å². The summed E-state index contributed by atoms with van der Waals surface area (Å²) in [6, 6.07) is 9.15. The van der Waals surface area contributed by atoms with Crippen LogP contribution in [-0.2, 0) is 0 Å². The largest absolute Gasteiger partial charge is 0.493 e. The Morgan fingerprint density at radius 1 is 0.905 bits per heavy atom. The molecule has 0 radical (unpaired) electrons. The first-order chi connectivity index (χ1) is 10.3. The highest BCUT2D eigenvalue weighted by Gasteiger charge is 2.11. The van der Waals surface area contributed by atoms with Gasteiger partial charge < -0.3 is 14.2 Å². The van der Waals surface area contributed by atoms with Crippen LogP contribution in [-0.4, -0.2) is 24.2 Å². The molecule has 0 aliphatic carbocycles. The number of rotatable bonds is 4. The van der Waals surface area contributed by atoms with Crippen molar-refractivity contribution >= 4 is 10.9 Å². The van der Waals surface area contributed by atoms with Gasteiger partial charge in [-0.15, -0.1) is 0 Å². The Balaban J connectivity index is 2.10. The van der Waals surface area contributed by atoms with E-state index in [9.17, 15) is 0 Å². The number of ether oxygens (including phenoxy) is 3. The van der Waals surface area contributed by atoms with Crippen molar-refractivity contribution in [3.63, 3.8) is 0 Å². The van der Waals surface area contributed by atoms with Crippen LogP contribution in [0.5, 0.6) is 23.0 Å². The summed E-state index contributed by atoms with van der Waals surface area (Å²) in [5.41, 5.74) is 0.772. The van der Waals surface area contributed by atoms with Crippen LogP contribution in [0.15, 0.2) is 48.9 Å². The van der Waals surface area contributed by atoms with Crippen molar-refractivity contribution in [2.75, 3.05) is 14.2 Å². The molecule has 1 aromatic carbocycles. The van der Waals surface area contributed by atoms with E-state index < -0.39 is 0 Å². The Labute approximate surface area is 122 Å². The number of methoxy groups -OCH3 is 2.